The first-order valence-electron chi connectivity index (χ1n) is 9.24. The van der Waals surface area contributed by atoms with E-state index < -0.39 is 12.0 Å². The summed E-state index contributed by atoms with van der Waals surface area (Å²) in [5.41, 5.74) is 2.68. The van der Waals surface area contributed by atoms with Crippen LogP contribution in [-0.4, -0.2) is 34.8 Å². The average Bonchev–Trinajstić information content (AvgIpc) is 2.73. The van der Waals surface area contributed by atoms with E-state index in [1.807, 2.05) is 60.7 Å². The number of guanidine groups is 1. The second kappa shape index (κ2) is 9.25. The molecule has 0 aliphatic carbocycles. The van der Waals surface area contributed by atoms with Gasteiger partial charge in [-0.05, 0) is 37.2 Å². The maximum Gasteiger partial charge on any atom is 0.338 e. The van der Waals surface area contributed by atoms with E-state index in [1.54, 1.807) is 20.1 Å². The molecular weight excluding hydrogens is 384 g/mol. The van der Waals surface area contributed by atoms with Gasteiger partial charge in [0.15, 0.2) is 5.11 Å². The van der Waals surface area contributed by atoms with Crippen molar-refractivity contribution in [1.29, 1.82) is 5.41 Å². The van der Waals surface area contributed by atoms with E-state index >= 15 is 0 Å². The number of hydrogen-bond acceptors (Lipinski definition) is 4. The molecule has 0 amide bonds. The van der Waals surface area contributed by atoms with Crippen LogP contribution in [-0.2, 0) is 9.53 Å². The summed E-state index contributed by atoms with van der Waals surface area (Å²) >= 11 is 5.51. The summed E-state index contributed by atoms with van der Waals surface area (Å²) < 4.78 is 5.28. The fourth-order valence-corrected chi connectivity index (χ4v) is 3.44. The van der Waals surface area contributed by atoms with Crippen LogP contribution in [0.25, 0.3) is 0 Å². The van der Waals surface area contributed by atoms with Crippen molar-refractivity contribution in [2.24, 2.45) is 4.99 Å². The number of aliphatic imine (C=N–C) groups is 1. The zero-order valence-electron chi connectivity index (χ0n) is 16.3. The van der Waals surface area contributed by atoms with E-state index in [1.165, 1.54) is 4.90 Å². The number of rotatable bonds is 4. The summed E-state index contributed by atoms with van der Waals surface area (Å²) in [7, 11) is 0. The quantitative estimate of drug-likeness (QED) is 0.349. The van der Waals surface area contributed by atoms with Gasteiger partial charge in [0.2, 0.25) is 5.96 Å². The minimum Gasteiger partial charge on any atom is -0.463 e. The Labute approximate surface area is 175 Å². The highest BCUT2D eigenvalue weighted by Crippen LogP contribution is 2.31. The maximum atomic E-state index is 12.7. The summed E-state index contributed by atoms with van der Waals surface area (Å²) in [6.07, 6.45) is 1.59. The Morgan fingerprint density at radius 3 is 2.45 bits per heavy atom. The molecule has 2 aromatic rings. The molecule has 0 aromatic heterocycles. The predicted molar refractivity (Wildman–Crippen MR) is 118 cm³/mol. The Morgan fingerprint density at radius 1 is 1.21 bits per heavy atom. The molecule has 2 aromatic carbocycles. The molecule has 0 radical (unpaired) electrons. The third-order valence-corrected chi connectivity index (χ3v) is 4.76. The Balaban J connectivity index is 1.98. The van der Waals surface area contributed by atoms with Crippen molar-refractivity contribution < 1.29 is 9.53 Å². The molecule has 0 fully saturated rings. The monoisotopic (exact) mass is 406 g/mol. The molecule has 7 heteroatoms. The van der Waals surface area contributed by atoms with Crippen LogP contribution in [0.2, 0.25) is 0 Å². The number of allylic oxidation sites excluding steroid dienone is 1. The van der Waals surface area contributed by atoms with Crippen LogP contribution in [0.15, 0.2) is 76.9 Å². The van der Waals surface area contributed by atoms with Crippen LogP contribution in [0.5, 0.6) is 0 Å². The highest BCUT2D eigenvalue weighted by atomic mass is 32.1. The molecule has 0 saturated carbocycles. The van der Waals surface area contributed by atoms with Crippen molar-refractivity contribution in [3.05, 3.63) is 83.1 Å². The lowest BCUT2D eigenvalue weighted by Crippen LogP contribution is -2.49. The molecule has 0 spiro atoms. The fraction of sp³-hybridized carbons (Fsp3) is 0.182. The molecule has 29 heavy (non-hydrogen) atoms. The number of nitrogens with one attached hydrogen (secondary N) is 2. The average molecular weight is 407 g/mol. The largest absolute Gasteiger partial charge is 0.463 e. The van der Waals surface area contributed by atoms with Crippen LogP contribution in [0.3, 0.4) is 0 Å². The number of hydrogen-bond donors (Lipinski definition) is 2. The number of thiocarbonyl (C=S) groups is 1. The van der Waals surface area contributed by atoms with Crippen molar-refractivity contribution in [2.75, 3.05) is 6.61 Å². The zero-order chi connectivity index (χ0) is 20.8. The fourth-order valence-electron chi connectivity index (χ4n) is 3.10. The standard InChI is InChI=1S/C22H22N4O2S/c1-3-28-20(27)18-15(2)26(21(23)24-14-16-10-6-4-7-11-16)22(29)25-19(18)17-12-8-5-9-13-17/h4-14,19,23H,3H2,1-2H3,(H,25,29)/b23-21?,24-14+. The lowest BCUT2D eigenvalue weighted by Gasteiger charge is -2.36. The normalized spacial score (nSPS) is 16.7. The van der Waals surface area contributed by atoms with Crippen molar-refractivity contribution >= 4 is 35.5 Å². The van der Waals surface area contributed by atoms with E-state index in [2.05, 4.69) is 10.3 Å². The molecular formula is C22H22N4O2S. The summed E-state index contributed by atoms with van der Waals surface area (Å²) in [4.78, 5) is 18.4. The van der Waals surface area contributed by atoms with Gasteiger partial charge >= 0.3 is 5.97 Å². The Hall–Kier alpha value is -3.32. The number of ether oxygens (including phenoxy) is 1. The first-order chi connectivity index (χ1) is 14.0. The first kappa shape index (κ1) is 20.4. The molecule has 3 rings (SSSR count). The third-order valence-electron chi connectivity index (χ3n) is 4.46. The number of carbonyl (C=O) groups excluding carboxylic acids is 1. The highest BCUT2D eigenvalue weighted by Gasteiger charge is 2.36. The molecule has 1 aliphatic heterocycles. The van der Waals surface area contributed by atoms with Gasteiger partial charge < -0.3 is 10.1 Å². The van der Waals surface area contributed by atoms with Gasteiger partial charge in [-0.2, -0.15) is 0 Å². The summed E-state index contributed by atoms with van der Waals surface area (Å²) in [6.45, 7) is 3.77. The molecule has 2 N–H and O–H groups in total. The number of esters is 1. The van der Waals surface area contributed by atoms with Crippen LogP contribution in [0.1, 0.15) is 31.0 Å². The van der Waals surface area contributed by atoms with Gasteiger partial charge in [-0.15, -0.1) is 0 Å². The molecule has 1 heterocycles. The van der Waals surface area contributed by atoms with Crippen LogP contribution in [0, 0.1) is 5.41 Å². The van der Waals surface area contributed by atoms with Crippen LogP contribution >= 0.6 is 12.2 Å². The lowest BCUT2D eigenvalue weighted by molar-refractivity contribution is -0.139. The van der Waals surface area contributed by atoms with Gasteiger partial charge in [-0.3, -0.25) is 10.3 Å². The Bertz CT molecular complexity index is 971. The highest BCUT2D eigenvalue weighted by molar-refractivity contribution is 7.80. The third kappa shape index (κ3) is 4.57. The van der Waals surface area contributed by atoms with Crippen molar-refractivity contribution in [1.82, 2.24) is 10.2 Å². The van der Waals surface area contributed by atoms with Gasteiger partial charge in [0.25, 0.3) is 0 Å². The van der Waals surface area contributed by atoms with Crippen LogP contribution < -0.4 is 5.32 Å². The second-order valence-electron chi connectivity index (χ2n) is 6.34. The minimum atomic E-state index is -0.454. The van der Waals surface area contributed by atoms with Crippen molar-refractivity contribution in [3.63, 3.8) is 0 Å². The topological polar surface area (TPSA) is 77.8 Å². The summed E-state index contributed by atoms with van der Waals surface area (Å²) in [5.74, 6) is -0.532. The smallest absolute Gasteiger partial charge is 0.338 e. The molecule has 1 aliphatic rings. The number of carbonyl (C=O) groups is 1. The van der Waals surface area contributed by atoms with E-state index in [9.17, 15) is 4.79 Å². The molecule has 1 unspecified atom stereocenters. The molecule has 0 bridgehead atoms. The van der Waals surface area contributed by atoms with Crippen LogP contribution in [0.4, 0.5) is 0 Å². The van der Waals surface area contributed by atoms with E-state index in [0.29, 0.717) is 16.4 Å². The molecule has 1 atom stereocenters. The number of nitrogens with zero attached hydrogens (tertiary/aromatic N) is 2. The second-order valence-corrected chi connectivity index (χ2v) is 6.73. The summed E-state index contributed by atoms with van der Waals surface area (Å²) in [6, 6.07) is 18.6. The molecule has 0 saturated heterocycles. The predicted octanol–water partition coefficient (Wildman–Crippen LogP) is 3.81. The van der Waals surface area contributed by atoms with Gasteiger partial charge in [0.1, 0.15) is 0 Å². The first-order valence-corrected chi connectivity index (χ1v) is 9.65. The molecule has 148 valence electrons. The lowest BCUT2D eigenvalue weighted by atomic mass is 9.95. The van der Waals surface area contributed by atoms with Gasteiger partial charge in [0.05, 0.1) is 18.2 Å². The maximum absolute atomic E-state index is 12.7. The SMILES string of the molecule is CCOC(=O)C1=C(C)N(C(=N)/N=C/c2ccccc2)C(=S)NC1c1ccccc1. The molecule has 6 nitrogen and oxygen atoms in total. The van der Waals surface area contributed by atoms with E-state index in [0.717, 1.165) is 11.1 Å². The van der Waals surface area contributed by atoms with E-state index in [-0.39, 0.29) is 12.6 Å². The van der Waals surface area contributed by atoms with Gasteiger partial charge in [0, 0.05) is 11.9 Å². The zero-order valence-corrected chi connectivity index (χ0v) is 17.1. The van der Waals surface area contributed by atoms with E-state index in [4.69, 9.17) is 22.4 Å². The Morgan fingerprint density at radius 2 is 1.83 bits per heavy atom. The minimum absolute atomic E-state index is 0.0860. The number of benzene rings is 2. The summed E-state index contributed by atoms with van der Waals surface area (Å²) in [5, 5.41) is 11.9. The van der Waals surface area contributed by atoms with Crippen molar-refractivity contribution in [3.8, 4) is 0 Å². The van der Waals surface area contributed by atoms with Gasteiger partial charge in [-0.1, -0.05) is 60.7 Å². The van der Waals surface area contributed by atoms with Gasteiger partial charge in [-0.25, -0.2) is 9.79 Å². The Kier molecular flexibility index (Phi) is 6.51. The van der Waals surface area contributed by atoms with Crippen molar-refractivity contribution in [2.45, 2.75) is 19.9 Å².